The van der Waals surface area contributed by atoms with E-state index in [1.807, 2.05) is 0 Å². The van der Waals surface area contributed by atoms with Crippen molar-refractivity contribution in [2.75, 3.05) is 11.1 Å². The molecule has 5 rings (SSSR count). The lowest BCUT2D eigenvalue weighted by molar-refractivity contribution is -0.113. The van der Waals surface area contributed by atoms with Gasteiger partial charge in [0.1, 0.15) is 0 Å². The quantitative estimate of drug-likeness (QED) is 0.621. The minimum atomic E-state index is 0.0717. The summed E-state index contributed by atoms with van der Waals surface area (Å²) in [5.74, 6) is 0.566. The maximum atomic E-state index is 11.8. The molecule has 1 N–H and O–H groups in total. The fourth-order valence-electron chi connectivity index (χ4n) is 3.93. The van der Waals surface area contributed by atoms with Crippen LogP contribution in [0, 0.1) is 0 Å². The van der Waals surface area contributed by atoms with Gasteiger partial charge in [-0.2, -0.15) is 0 Å². The lowest BCUT2D eigenvalue weighted by atomic mass is 9.92. The topological polar surface area (TPSA) is 29.1 Å². The van der Waals surface area contributed by atoms with Crippen molar-refractivity contribution in [3.63, 3.8) is 0 Å². The zero-order chi connectivity index (χ0) is 18.2. The molecule has 1 aliphatic carbocycles. The molecule has 0 fully saturated rings. The minimum Gasteiger partial charge on any atom is -0.324 e. The smallest absolute Gasteiger partial charge is 0.234 e. The van der Waals surface area contributed by atoms with Crippen molar-refractivity contribution in [3.05, 3.63) is 94.5 Å². The molecule has 0 aromatic heterocycles. The molecule has 0 saturated carbocycles. The largest absolute Gasteiger partial charge is 0.324 e. The zero-order valence-corrected chi connectivity index (χ0v) is 15.7. The Morgan fingerprint density at radius 1 is 0.852 bits per heavy atom. The average Bonchev–Trinajstić information content (AvgIpc) is 2.85. The second kappa shape index (κ2) is 6.75. The number of aryl methyl sites for hydroxylation is 2. The van der Waals surface area contributed by atoms with Gasteiger partial charge >= 0.3 is 0 Å². The first-order chi connectivity index (χ1) is 13.3. The zero-order valence-electron chi connectivity index (χ0n) is 14.9. The molecule has 0 bridgehead atoms. The van der Waals surface area contributed by atoms with E-state index in [4.69, 9.17) is 0 Å². The number of nitrogens with one attached hydrogen (secondary N) is 1. The molecular weight excluding hydrogens is 350 g/mol. The molecule has 2 nitrogen and oxygen atoms in total. The predicted molar refractivity (Wildman–Crippen MR) is 113 cm³/mol. The van der Waals surface area contributed by atoms with Gasteiger partial charge in [-0.15, -0.1) is 11.8 Å². The molecule has 1 amide bonds. The molecule has 0 atom stereocenters. The van der Waals surface area contributed by atoms with E-state index < -0.39 is 0 Å². The van der Waals surface area contributed by atoms with Gasteiger partial charge in [0.25, 0.3) is 0 Å². The summed E-state index contributed by atoms with van der Waals surface area (Å²) in [6, 6.07) is 23.7. The van der Waals surface area contributed by atoms with Gasteiger partial charge < -0.3 is 5.32 Å². The summed E-state index contributed by atoms with van der Waals surface area (Å²) >= 11 is 1.60. The molecular formula is C24H19NOS. The molecule has 0 unspecified atom stereocenters. The van der Waals surface area contributed by atoms with Crippen LogP contribution in [0.25, 0.3) is 11.6 Å². The number of anilines is 1. The fourth-order valence-corrected chi connectivity index (χ4v) is 4.72. The summed E-state index contributed by atoms with van der Waals surface area (Å²) in [6.07, 6.45) is 4.37. The first-order valence-corrected chi connectivity index (χ1v) is 10.2. The van der Waals surface area contributed by atoms with Gasteiger partial charge in [-0.05, 0) is 64.4 Å². The van der Waals surface area contributed by atoms with Gasteiger partial charge in [0, 0.05) is 4.90 Å². The molecule has 0 saturated heterocycles. The Labute approximate surface area is 163 Å². The highest BCUT2D eigenvalue weighted by molar-refractivity contribution is 8.00. The molecule has 3 aromatic carbocycles. The number of hydrogen-bond acceptors (Lipinski definition) is 2. The van der Waals surface area contributed by atoms with Crippen molar-refractivity contribution < 1.29 is 4.79 Å². The third-order valence-corrected chi connectivity index (χ3v) is 6.30. The summed E-state index contributed by atoms with van der Waals surface area (Å²) in [5, 5.41) is 3.00. The van der Waals surface area contributed by atoms with Crippen LogP contribution in [0.5, 0.6) is 0 Å². The van der Waals surface area contributed by atoms with Crippen molar-refractivity contribution in [2.45, 2.75) is 17.7 Å². The SMILES string of the molecule is O=C1CSc2ccc(C=C3c4ccccc4CCc4ccccc43)cc2N1. The molecule has 1 heterocycles. The van der Waals surface area contributed by atoms with Crippen LogP contribution in [0.3, 0.4) is 0 Å². The van der Waals surface area contributed by atoms with E-state index in [1.165, 1.54) is 27.8 Å². The number of thioether (sulfide) groups is 1. The van der Waals surface area contributed by atoms with Crippen LogP contribution in [-0.4, -0.2) is 11.7 Å². The standard InChI is InChI=1S/C24H19NOS/c26-24-15-27-23-12-9-16(14-22(23)25-24)13-21-19-7-3-1-5-17(19)10-11-18-6-2-4-8-20(18)21/h1-9,12-14H,10-11,15H2,(H,25,26). The highest BCUT2D eigenvalue weighted by Gasteiger charge is 2.19. The second-order valence-electron chi connectivity index (χ2n) is 6.96. The van der Waals surface area contributed by atoms with Crippen molar-refractivity contribution in [3.8, 4) is 0 Å². The van der Waals surface area contributed by atoms with Gasteiger partial charge in [0.2, 0.25) is 5.91 Å². The Kier molecular flexibility index (Phi) is 4.10. The van der Waals surface area contributed by atoms with Crippen molar-refractivity contribution in [2.24, 2.45) is 0 Å². The monoisotopic (exact) mass is 369 g/mol. The van der Waals surface area contributed by atoms with Crippen molar-refractivity contribution in [1.82, 2.24) is 0 Å². The number of fused-ring (bicyclic) bond motifs is 3. The second-order valence-corrected chi connectivity index (χ2v) is 7.98. The average molecular weight is 369 g/mol. The summed E-state index contributed by atoms with van der Waals surface area (Å²) < 4.78 is 0. The first kappa shape index (κ1) is 16.4. The maximum Gasteiger partial charge on any atom is 0.234 e. The van der Waals surface area contributed by atoms with E-state index in [2.05, 4.69) is 78.1 Å². The number of hydrogen-bond donors (Lipinski definition) is 1. The number of benzene rings is 3. The Bertz CT molecular complexity index is 1030. The predicted octanol–water partition coefficient (Wildman–Crippen LogP) is 5.42. The summed E-state index contributed by atoms with van der Waals surface area (Å²) in [7, 11) is 0. The number of carbonyl (C=O) groups is 1. The summed E-state index contributed by atoms with van der Waals surface area (Å²) in [4.78, 5) is 12.9. The highest BCUT2D eigenvalue weighted by Crippen LogP contribution is 2.37. The number of rotatable bonds is 1. The lowest BCUT2D eigenvalue weighted by Crippen LogP contribution is -2.18. The minimum absolute atomic E-state index is 0.0717. The molecule has 27 heavy (non-hydrogen) atoms. The number of amides is 1. The van der Waals surface area contributed by atoms with E-state index in [1.54, 1.807) is 11.8 Å². The molecule has 0 spiro atoms. The first-order valence-electron chi connectivity index (χ1n) is 9.23. The molecule has 1 aliphatic heterocycles. The Hall–Kier alpha value is -2.78. The van der Waals surface area contributed by atoms with E-state index in [0.717, 1.165) is 29.0 Å². The van der Waals surface area contributed by atoms with Crippen LogP contribution >= 0.6 is 11.8 Å². The summed E-state index contributed by atoms with van der Waals surface area (Å²) in [6.45, 7) is 0. The maximum absolute atomic E-state index is 11.8. The molecule has 132 valence electrons. The van der Waals surface area contributed by atoms with Gasteiger partial charge in [-0.25, -0.2) is 0 Å². The van der Waals surface area contributed by atoms with Crippen LogP contribution in [0.2, 0.25) is 0 Å². The fraction of sp³-hybridized carbons (Fsp3) is 0.125. The van der Waals surface area contributed by atoms with Gasteiger partial charge in [0.15, 0.2) is 0 Å². The molecule has 0 radical (unpaired) electrons. The highest BCUT2D eigenvalue weighted by atomic mass is 32.2. The van der Waals surface area contributed by atoms with E-state index in [9.17, 15) is 4.79 Å². The Balaban J connectivity index is 1.68. The van der Waals surface area contributed by atoms with E-state index >= 15 is 0 Å². The third kappa shape index (κ3) is 3.08. The van der Waals surface area contributed by atoms with Crippen molar-refractivity contribution >= 4 is 35.0 Å². The summed E-state index contributed by atoms with van der Waals surface area (Å²) in [5.41, 5.74) is 8.67. The third-order valence-electron chi connectivity index (χ3n) is 5.23. The molecule has 3 aromatic rings. The van der Waals surface area contributed by atoms with Gasteiger partial charge in [-0.3, -0.25) is 4.79 Å². The Morgan fingerprint density at radius 3 is 2.22 bits per heavy atom. The van der Waals surface area contributed by atoms with Gasteiger partial charge in [-0.1, -0.05) is 54.6 Å². The normalized spacial score (nSPS) is 15.1. The van der Waals surface area contributed by atoms with Crippen molar-refractivity contribution in [1.29, 1.82) is 0 Å². The van der Waals surface area contributed by atoms with Crippen LogP contribution in [0.1, 0.15) is 27.8 Å². The van der Waals surface area contributed by atoms with E-state index in [0.29, 0.717) is 5.75 Å². The number of carbonyl (C=O) groups excluding carboxylic acids is 1. The Morgan fingerprint density at radius 2 is 1.52 bits per heavy atom. The van der Waals surface area contributed by atoms with Gasteiger partial charge in [0.05, 0.1) is 11.4 Å². The van der Waals surface area contributed by atoms with Crippen LogP contribution in [-0.2, 0) is 17.6 Å². The van der Waals surface area contributed by atoms with Crippen LogP contribution < -0.4 is 5.32 Å². The van der Waals surface area contributed by atoms with E-state index in [-0.39, 0.29) is 5.91 Å². The molecule has 3 heteroatoms. The lowest BCUT2D eigenvalue weighted by Gasteiger charge is -2.17. The van der Waals surface area contributed by atoms with Crippen LogP contribution in [0.4, 0.5) is 5.69 Å². The van der Waals surface area contributed by atoms with Crippen LogP contribution in [0.15, 0.2) is 71.6 Å². The molecule has 2 aliphatic rings.